The van der Waals surface area contributed by atoms with Crippen molar-refractivity contribution >= 4 is 23.2 Å². The van der Waals surface area contributed by atoms with Crippen LogP contribution >= 0.6 is 11.6 Å². The van der Waals surface area contributed by atoms with Gasteiger partial charge in [-0.3, -0.25) is 9.78 Å². The number of hydrogen-bond acceptors (Lipinski definition) is 3. The van der Waals surface area contributed by atoms with E-state index in [0.29, 0.717) is 11.4 Å². The third-order valence-electron chi connectivity index (χ3n) is 3.24. The molecular weight excluding hydrogens is 317 g/mol. The minimum absolute atomic E-state index is 0.202. The van der Waals surface area contributed by atoms with Crippen LogP contribution in [0.15, 0.2) is 53.3 Å². The summed E-state index contributed by atoms with van der Waals surface area (Å²) in [6.45, 7) is 1.97. The molecule has 0 bridgehead atoms. The molecule has 6 heteroatoms. The molecule has 0 aliphatic heterocycles. The van der Waals surface area contributed by atoms with E-state index in [1.165, 1.54) is 24.3 Å². The first-order valence-electron chi connectivity index (χ1n) is 6.92. The summed E-state index contributed by atoms with van der Waals surface area (Å²) in [6, 6.07) is 13.1. The van der Waals surface area contributed by atoms with Crippen molar-refractivity contribution in [2.75, 3.05) is 5.32 Å². The van der Waals surface area contributed by atoms with Gasteiger partial charge in [-0.15, -0.1) is 0 Å². The fraction of sp³-hybridized carbons (Fsp3) is 0.0588. The molecule has 3 aromatic rings. The zero-order valence-corrected chi connectivity index (χ0v) is 13.0. The Balaban J connectivity index is 1.99. The lowest BCUT2D eigenvalue weighted by Crippen LogP contribution is -2.10. The van der Waals surface area contributed by atoms with Crippen LogP contribution in [0.5, 0.6) is 0 Å². The molecule has 3 rings (SSSR count). The van der Waals surface area contributed by atoms with Gasteiger partial charge < -0.3 is 5.32 Å². The molecule has 23 heavy (non-hydrogen) atoms. The lowest BCUT2D eigenvalue weighted by molar-refractivity contribution is 0.628. The number of aryl methyl sites for hydroxylation is 1. The molecule has 0 amide bonds. The van der Waals surface area contributed by atoms with Crippen LogP contribution in [0, 0.1) is 12.7 Å². The van der Waals surface area contributed by atoms with E-state index in [4.69, 9.17) is 11.6 Å². The van der Waals surface area contributed by atoms with Gasteiger partial charge in [-0.05, 0) is 31.2 Å². The molecule has 0 aliphatic rings. The molecule has 1 heterocycles. The van der Waals surface area contributed by atoms with Crippen molar-refractivity contribution in [1.82, 2.24) is 9.97 Å². The average Bonchev–Trinajstić information content (AvgIpc) is 2.50. The van der Waals surface area contributed by atoms with Gasteiger partial charge in [0.25, 0.3) is 5.56 Å². The van der Waals surface area contributed by atoms with Gasteiger partial charge in [-0.1, -0.05) is 35.4 Å². The zero-order chi connectivity index (χ0) is 16.4. The van der Waals surface area contributed by atoms with Gasteiger partial charge in [-0.2, -0.15) is 0 Å². The molecule has 0 atom stereocenters. The average molecular weight is 330 g/mol. The van der Waals surface area contributed by atoms with Crippen molar-refractivity contribution in [1.29, 1.82) is 0 Å². The second-order valence-electron chi connectivity index (χ2n) is 5.10. The van der Waals surface area contributed by atoms with E-state index in [1.54, 1.807) is 0 Å². The summed E-state index contributed by atoms with van der Waals surface area (Å²) in [4.78, 5) is 18.8. The Labute approximate surface area is 137 Å². The first-order valence-corrected chi connectivity index (χ1v) is 7.29. The van der Waals surface area contributed by atoms with Crippen molar-refractivity contribution in [2.24, 2.45) is 0 Å². The quantitative estimate of drug-likeness (QED) is 0.754. The number of nitrogens with zero attached hydrogens (tertiary/aromatic N) is 1. The fourth-order valence-corrected chi connectivity index (χ4v) is 2.40. The summed E-state index contributed by atoms with van der Waals surface area (Å²) in [5.74, 6) is -0.196. The Morgan fingerprint density at radius 3 is 2.74 bits per heavy atom. The van der Waals surface area contributed by atoms with E-state index in [2.05, 4.69) is 15.3 Å². The van der Waals surface area contributed by atoms with Crippen molar-refractivity contribution in [3.8, 4) is 11.3 Å². The summed E-state index contributed by atoms with van der Waals surface area (Å²) in [6.07, 6.45) is 0. The molecule has 116 valence electrons. The van der Waals surface area contributed by atoms with Crippen molar-refractivity contribution < 1.29 is 4.39 Å². The van der Waals surface area contributed by atoms with Crippen LogP contribution in [-0.4, -0.2) is 9.97 Å². The van der Waals surface area contributed by atoms with Gasteiger partial charge in [0.2, 0.25) is 5.95 Å². The van der Waals surface area contributed by atoms with E-state index in [-0.39, 0.29) is 16.5 Å². The normalized spacial score (nSPS) is 10.6. The molecule has 0 fully saturated rings. The standard InChI is InChI=1S/C17H13ClFN3O/c1-10-3-2-4-11(7-10)15-9-16(23)22-17(21-15)20-14-6-5-12(19)8-13(14)18/h2-9H,1H3,(H2,20,21,22,23). The number of aromatic nitrogens is 2. The van der Waals surface area contributed by atoms with E-state index in [0.717, 1.165) is 11.1 Å². The monoisotopic (exact) mass is 329 g/mol. The smallest absolute Gasteiger partial charge is 0.252 e. The van der Waals surface area contributed by atoms with Crippen LogP contribution in [0.1, 0.15) is 5.56 Å². The van der Waals surface area contributed by atoms with Crippen LogP contribution in [0.2, 0.25) is 5.02 Å². The van der Waals surface area contributed by atoms with Gasteiger partial charge in [-0.25, -0.2) is 9.37 Å². The van der Waals surface area contributed by atoms with Crippen molar-refractivity contribution in [2.45, 2.75) is 6.92 Å². The second-order valence-corrected chi connectivity index (χ2v) is 5.51. The fourth-order valence-electron chi connectivity index (χ4n) is 2.19. The highest BCUT2D eigenvalue weighted by atomic mass is 35.5. The number of anilines is 2. The third kappa shape index (κ3) is 3.57. The number of H-pyrrole nitrogens is 1. The van der Waals surface area contributed by atoms with Crippen molar-refractivity contribution in [3.63, 3.8) is 0 Å². The molecule has 2 N–H and O–H groups in total. The molecule has 0 saturated heterocycles. The van der Waals surface area contributed by atoms with Gasteiger partial charge in [0.05, 0.1) is 16.4 Å². The first kappa shape index (κ1) is 15.2. The number of benzene rings is 2. The van der Waals surface area contributed by atoms with E-state index in [9.17, 15) is 9.18 Å². The van der Waals surface area contributed by atoms with Crippen LogP contribution in [0.3, 0.4) is 0 Å². The largest absolute Gasteiger partial charge is 0.324 e. The topological polar surface area (TPSA) is 57.8 Å². The predicted octanol–water partition coefficient (Wildman–Crippen LogP) is 4.28. The predicted molar refractivity (Wildman–Crippen MR) is 89.7 cm³/mol. The lowest BCUT2D eigenvalue weighted by atomic mass is 10.1. The zero-order valence-electron chi connectivity index (χ0n) is 12.2. The third-order valence-corrected chi connectivity index (χ3v) is 3.55. The number of hydrogen-bond donors (Lipinski definition) is 2. The molecular formula is C17H13ClFN3O. The number of halogens is 2. The molecule has 2 aromatic carbocycles. The number of rotatable bonds is 3. The van der Waals surface area contributed by atoms with Gasteiger partial charge in [0.15, 0.2) is 0 Å². The molecule has 4 nitrogen and oxygen atoms in total. The van der Waals surface area contributed by atoms with Crippen LogP contribution in [0.25, 0.3) is 11.3 Å². The Bertz CT molecular complexity index is 924. The molecule has 0 unspecified atom stereocenters. The highest BCUT2D eigenvalue weighted by Crippen LogP contribution is 2.25. The van der Waals surface area contributed by atoms with E-state index >= 15 is 0 Å². The SMILES string of the molecule is Cc1cccc(-c2cc(=O)[nH]c(Nc3ccc(F)cc3Cl)n2)c1. The minimum atomic E-state index is -0.435. The molecule has 0 spiro atoms. The van der Waals surface area contributed by atoms with Gasteiger partial charge in [0, 0.05) is 11.6 Å². The summed E-state index contributed by atoms with van der Waals surface area (Å²) in [5, 5.41) is 3.10. The first-order chi connectivity index (χ1) is 11.0. The van der Waals surface area contributed by atoms with Gasteiger partial charge >= 0.3 is 0 Å². The van der Waals surface area contributed by atoms with Crippen molar-refractivity contribution in [3.05, 3.63) is 75.3 Å². The highest BCUT2D eigenvalue weighted by Gasteiger charge is 2.07. The maximum absolute atomic E-state index is 13.1. The Morgan fingerprint density at radius 2 is 2.00 bits per heavy atom. The number of nitrogens with one attached hydrogen (secondary N) is 2. The summed E-state index contributed by atoms with van der Waals surface area (Å²) in [7, 11) is 0. The Kier molecular flexibility index (Phi) is 4.12. The van der Waals surface area contributed by atoms with Crippen LogP contribution in [-0.2, 0) is 0 Å². The minimum Gasteiger partial charge on any atom is -0.324 e. The molecule has 0 aliphatic carbocycles. The van der Waals surface area contributed by atoms with Crippen LogP contribution in [0.4, 0.5) is 16.0 Å². The number of aromatic amines is 1. The van der Waals surface area contributed by atoms with Gasteiger partial charge in [0.1, 0.15) is 5.82 Å². The highest BCUT2D eigenvalue weighted by molar-refractivity contribution is 6.33. The molecule has 1 aromatic heterocycles. The Hall–Kier alpha value is -2.66. The maximum atomic E-state index is 13.1. The van der Waals surface area contributed by atoms with Crippen LogP contribution < -0.4 is 10.9 Å². The molecule has 0 radical (unpaired) electrons. The Morgan fingerprint density at radius 1 is 1.17 bits per heavy atom. The summed E-state index contributed by atoms with van der Waals surface area (Å²) < 4.78 is 13.1. The summed E-state index contributed by atoms with van der Waals surface area (Å²) in [5.41, 5.74) is 2.61. The second kappa shape index (κ2) is 6.22. The maximum Gasteiger partial charge on any atom is 0.252 e. The van der Waals surface area contributed by atoms with E-state index < -0.39 is 5.82 Å². The summed E-state index contributed by atoms with van der Waals surface area (Å²) >= 11 is 5.97. The van der Waals surface area contributed by atoms with E-state index in [1.807, 2.05) is 31.2 Å². The lowest BCUT2D eigenvalue weighted by Gasteiger charge is -2.09. The molecule has 0 saturated carbocycles.